The first-order valence-corrected chi connectivity index (χ1v) is 9.36. The number of hydrogen-bond donors (Lipinski definition) is 1. The SMILES string of the molecule is COc1ccccc1C(=O)NC(=O)COC(=O)C1CCC(C(C)(C)C)CC1. The third-order valence-electron chi connectivity index (χ3n) is 5.24. The Hall–Kier alpha value is -2.37. The standard InChI is InChI=1S/C21H29NO5/c1-21(2,3)15-11-9-14(10-12-15)20(25)27-13-18(23)22-19(24)16-7-5-6-8-17(16)26-4/h5-8,14-15H,9-13H2,1-4H3,(H,22,23,24). The first-order chi connectivity index (χ1) is 12.7. The van der Waals surface area contributed by atoms with E-state index in [1.54, 1.807) is 24.3 Å². The number of nitrogens with one attached hydrogen (secondary N) is 1. The molecule has 0 aromatic heterocycles. The molecule has 0 saturated heterocycles. The first kappa shape index (κ1) is 20.9. The van der Waals surface area contributed by atoms with Gasteiger partial charge in [0.2, 0.25) is 0 Å². The molecule has 2 amide bonds. The molecule has 1 aromatic carbocycles. The molecule has 0 unspecified atom stereocenters. The second kappa shape index (κ2) is 9.02. The van der Waals surface area contributed by atoms with Gasteiger partial charge in [0.1, 0.15) is 5.75 Å². The largest absolute Gasteiger partial charge is 0.496 e. The van der Waals surface area contributed by atoms with Gasteiger partial charge in [-0.25, -0.2) is 0 Å². The van der Waals surface area contributed by atoms with E-state index in [0.717, 1.165) is 25.7 Å². The lowest BCUT2D eigenvalue weighted by Gasteiger charge is -2.36. The molecule has 0 atom stereocenters. The molecule has 148 valence electrons. The van der Waals surface area contributed by atoms with E-state index in [4.69, 9.17) is 9.47 Å². The number of rotatable bonds is 5. The van der Waals surface area contributed by atoms with Crippen molar-refractivity contribution in [3.8, 4) is 5.75 Å². The fourth-order valence-corrected chi connectivity index (χ4v) is 3.51. The lowest BCUT2D eigenvalue weighted by Crippen LogP contribution is -2.36. The van der Waals surface area contributed by atoms with Crippen molar-refractivity contribution < 1.29 is 23.9 Å². The van der Waals surface area contributed by atoms with E-state index in [9.17, 15) is 14.4 Å². The number of hydrogen-bond acceptors (Lipinski definition) is 5. The number of benzene rings is 1. The molecular weight excluding hydrogens is 346 g/mol. The molecule has 27 heavy (non-hydrogen) atoms. The van der Waals surface area contributed by atoms with Crippen LogP contribution in [0.25, 0.3) is 0 Å². The maximum absolute atomic E-state index is 12.2. The Labute approximate surface area is 160 Å². The molecule has 1 N–H and O–H groups in total. The van der Waals surface area contributed by atoms with Gasteiger partial charge in [-0.2, -0.15) is 0 Å². The van der Waals surface area contributed by atoms with Crippen LogP contribution in [0.3, 0.4) is 0 Å². The molecule has 1 aliphatic carbocycles. The fraction of sp³-hybridized carbons (Fsp3) is 0.571. The minimum Gasteiger partial charge on any atom is -0.496 e. The van der Waals surface area contributed by atoms with Crippen LogP contribution >= 0.6 is 0 Å². The third kappa shape index (κ3) is 5.81. The molecule has 0 spiro atoms. The monoisotopic (exact) mass is 375 g/mol. The topological polar surface area (TPSA) is 81.7 Å². The van der Waals surface area contributed by atoms with Crippen molar-refractivity contribution in [2.24, 2.45) is 17.3 Å². The smallest absolute Gasteiger partial charge is 0.309 e. The van der Waals surface area contributed by atoms with Crippen LogP contribution in [-0.4, -0.2) is 31.5 Å². The van der Waals surface area contributed by atoms with Crippen LogP contribution in [-0.2, 0) is 14.3 Å². The van der Waals surface area contributed by atoms with Crippen molar-refractivity contribution in [3.63, 3.8) is 0 Å². The van der Waals surface area contributed by atoms with Crippen molar-refractivity contribution in [3.05, 3.63) is 29.8 Å². The maximum Gasteiger partial charge on any atom is 0.309 e. The Morgan fingerprint density at radius 3 is 2.30 bits per heavy atom. The Morgan fingerprint density at radius 1 is 1.07 bits per heavy atom. The summed E-state index contributed by atoms with van der Waals surface area (Å²) in [6.07, 6.45) is 3.54. The summed E-state index contributed by atoms with van der Waals surface area (Å²) in [6.45, 7) is 6.21. The molecule has 0 radical (unpaired) electrons. The Balaban J connectivity index is 1.79. The van der Waals surface area contributed by atoms with Crippen molar-refractivity contribution in [1.29, 1.82) is 0 Å². The minimum absolute atomic E-state index is 0.165. The van der Waals surface area contributed by atoms with Gasteiger partial charge >= 0.3 is 5.97 Å². The van der Waals surface area contributed by atoms with E-state index in [1.807, 2.05) is 0 Å². The molecule has 6 heteroatoms. The second-order valence-corrected chi connectivity index (χ2v) is 8.10. The van der Waals surface area contributed by atoms with Crippen LogP contribution in [0.5, 0.6) is 5.75 Å². The molecule has 1 saturated carbocycles. The summed E-state index contributed by atoms with van der Waals surface area (Å²) in [6, 6.07) is 6.60. The van der Waals surface area contributed by atoms with Crippen molar-refractivity contribution in [2.75, 3.05) is 13.7 Å². The number of para-hydroxylation sites is 1. The summed E-state index contributed by atoms with van der Waals surface area (Å²) in [5.41, 5.74) is 0.494. The number of carbonyl (C=O) groups excluding carboxylic acids is 3. The normalized spacial score (nSPS) is 19.9. The molecule has 0 bridgehead atoms. The molecular formula is C21H29NO5. The quantitative estimate of drug-likeness (QED) is 0.798. The molecule has 1 aromatic rings. The Bertz CT molecular complexity index is 684. The van der Waals surface area contributed by atoms with E-state index < -0.39 is 18.4 Å². The van der Waals surface area contributed by atoms with Crippen molar-refractivity contribution >= 4 is 17.8 Å². The zero-order valence-electron chi connectivity index (χ0n) is 16.5. The van der Waals surface area contributed by atoms with E-state index in [-0.39, 0.29) is 22.9 Å². The van der Waals surface area contributed by atoms with Crippen molar-refractivity contribution in [2.45, 2.75) is 46.5 Å². The fourth-order valence-electron chi connectivity index (χ4n) is 3.51. The minimum atomic E-state index is -0.650. The molecule has 6 nitrogen and oxygen atoms in total. The average molecular weight is 375 g/mol. The van der Waals surface area contributed by atoms with Crippen LogP contribution in [0, 0.1) is 17.3 Å². The summed E-state index contributed by atoms with van der Waals surface area (Å²) in [7, 11) is 1.45. The number of methoxy groups -OCH3 is 1. The number of ether oxygens (including phenoxy) is 2. The number of esters is 1. The van der Waals surface area contributed by atoms with Gasteiger partial charge in [-0.15, -0.1) is 0 Å². The van der Waals surface area contributed by atoms with Gasteiger partial charge in [0, 0.05) is 0 Å². The highest BCUT2D eigenvalue weighted by atomic mass is 16.5. The molecule has 0 heterocycles. The Kier molecular flexibility index (Phi) is 6.99. The van der Waals surface area contributed by atoms with Crippen LogP contribution in [0.1, 0.15) is 56.8 Å². The zero-order chi connectivity index (χ0) is 20.0. The van der Waals surface area contributed by atoms with E-state index >= 15 is 0 Å². The lowest BCUT2D eigenvalue weighted by atomic mass is 9.70. The predicted molar refractivity (Wildman–Crippen MR) is 101 cm³/mol. The van der Waals surface area contributed by atoms with E-state index in [1.165, 1.54) is 7.11 Å². The number of imide groups is 1. The second-order valence-electron chi connectivity index (χ2n) is 8.10. The van der Waals surface area contributed by atoms with Gasteiger partial charge in [0.15, 0.2) is 6.61 Å². The summed E-state index contributed by atoms with van der Waals surface area (Å²) in [4.78, 5) is 36.3. The summed E-state index contributed by atoms with van der Waals surface area (Å²) in [5.74, 6) is -0.788. The van der Waals surface area contributed by atoms with Crippen molar-refractivity contribution in [1.82, 2.24) is 5.32 Å². The van der Waals surface area contributed by atoms with Crippen LogP contribution < -0.4 is 10.1 Å². The van der Waals surface area contributed by atoms with Crippen LogP contribution in [0.4, 0.5) is 0 Å². The Morgan fingerprint density at radius 2 is 1.70 bits per heavy atom. The van der Waals surface area contributed by atoms with E-state index in [2.05, 4.69) is 26.1 Å². The van der Waals surface area contributed by atoms with Gasteiger partial charge in [-0.3, -0.25) is 19.7 Å². The number of carbonyl (C=O) groups is 3. The summed E-state index contributed by atoms with van der Waals surface area (Å²) < 4.78 is 10.2. The number of amides is 2. The van der Waals surface area contributed by atoms with E-state index in [0.29, 0.717) is 11.7 Å². The molecule has 1 fully saturated rings. The van der Waals surface area contributed by atoms with Gasteiger partial charge in [0.05, 0.1) is 18.6 Å². The van der Waals surface area contributed by atoms with Gasteiger partial charge < -0.3 is 9.47 Å². The summed E-state index contributed by atoms with van der Waals surface area (Å²) in [5, 5.41) is 2.22. The van der Waals surface area contributed by atoms with Crippen LogP contribution in [0.15, 0.2) is 24.3 Å². The first-order valence-electron chi connectivity index (χ1n) is 9.36. The highest BCUT2D eigenvalue weighted by molar-refractivity contribution is 6.06. The highest BCUT2D eigenvalue weighted by Gasteiger charge is 2.33. The zero-order valence-corrected chi connectivity index (χ0v) is 16.5. The van der Waals surface area contributed by atoms with Gasteiger partial charge in [-0.1, -0.05) is 32.9 Å². The third-order valence-corrected chi connectivity index (χ3v) is 5.24. The molecule has 2 rings (SSSR count). The van der Waals surface area contributed by atoms with Gasteiger partial charge in [-0.05, 0) is 49.1 Å². The average Bonchev–Trinajstić information content (AvgIpc) is 2.65. The maximum atomic E-state index is 12.2. The highest BCUT2D eigenvalue weighted by Crippen LogP contribution is 2.40. The lowest BCUT2D eigenvalue weighted by molar-refractivity contribution is -0.154. The van der Waals surface area contributed by atoms with Gasteiger partial charge in [0.25, 0.3) is 11.8 Å². The predicted octanol–water partition coefficient (Wildman–Crippen LogP) is 3.35. The molecule has 0 aliphatic heterocycles. The molecule has 1 aliphatic rings. The van der Waals surface area contributed by atoms with Crippen LogP contribution in [0.2, 0.25) is 0 Å². The summed E-state index contributed by atoms with van der Waals surface area (Å²) >= 11 is 0.